The lowest BCUT2D eigenvalue weighted by atomic mass is 10.1. The molecule has 0 aliphatic rings. The second-order valence-corrected chi connectivity index (χ2v) is 3.44. The zero-order valence-electron chi connectivity index (χ0n) is 10.0. The van der Waals surface area contributed by atoms with Crippen molar-refractivity contribution in [1.82, 2.24) is 0 Å². The van der Waals surface area contributed by atoms with Crippen LogP contribution < -0.4 is 4.74 Å². The van der Waals surface area contributed by atoms with Gasteiger partial charge in [0.1, 0.15) is 5.75 Å². The highest BCUT2D eigenvalue weighted by molar-refractivity contribution is 5.91. The van der Waals surface area contributed by atoms with Gasteiger partial charge < -0.3 is 9.47 Å². The number of hydrogen-bond acceptors (Lipinski definition) is 3. The summed E-state index contributed by atoms with van der Waals surface area (Å²) < 4.78 is 44.7. The lowest BCUT2D eigenvalue weighted by molar-refractivity contribution is -0.274. The molecule has 0 radical (unpaired) electrons. The Kier molecular flexibility index (Phi) is 4.58. The molecule has 100 valence electrons. The highest BCUT2D eigenvalue weighted by Crippen LogP contribution is 2.25. The first kappa shape index (κ1) is 14.3. The van der Waals surface area contributed by atoms with Crippen LogP contribution in [0.5, 0.6) is 5.75 Å². The topological polar surface area (TPSA) is 35.5 Å². The summed E-state index contributed by atoms with van der Waals surface area (Å²) >= 11 is 0. The van der Waals surface area contributed by atoms with E-state index in [1.54, 1.807) is 13.8 Å². The Hall–Kier alpha value is -1.72. The van der Waals surface area contributed by atoms with Gasteiger partial charge in [-0.1, -0.05) is 13.0 Å². The van der Waals surface area contributed by atoms with Gasteiger partial charge in [0.05, 0.1) is 12.2 Å². The summed E-state index contributed by atoms with van der Waals surface area (Å²) in [5, 5.41) is 0. The Morgan fingerprint density at radius 3 is 2.44 bits per heavy atom. The molecule has 0 N–H and O–H groups in total. The van der Waals surface area contributed by atoms with Gasteiger partial charge in [0.15, 0.2) is 0 Å². The number of rotatable bonds is 4. The number of aryl methyl sites for hydroxylation is 1. The third kappa shape index (κ3) is 3.94. The van der Waals surface area contributed by atoms with E-state index in [1.807, 2.05) is 0 Å². The standard InChI is InChI=1S/C12H13F3O3/c1-3-8-5-6-9(18-12(13,14)15)7-10(8)11(16)17-4-2/h5-7H,3-4H2,1-2H3. The van der Waals surface area contributed by atoms with Crippen LogP contribution in [-0.4, -0.2) is 18.9 Å². The minimum absolute atomic E-state index is 0.0982. The fourth-order valence-electron chi connectivity index (χ4n) is 1.46. The Balaban J connectivity index is 3.05. The predicted octanol–water partition coefficient (Wildman–Crippen LogP) is 3.32. The van der Waals surface area contributed by atoms with Gasteiger partial charge in [-0.15, -0.1) is 13.2 Å². The van der Waals surface area contributed by atoms with Crippen LogP contribution in [0.1, 0.15) is 29.8 Å². The maximum Gasteiger partial charge on any atom is 0.573 e. The average molecular weight is 262 g/mol. The van der Waals surface area contributed by atoms with Crippen LogP contribution in [0.25, 0.3) is 0 Å². The van der Waals surface area contributed by atoms with Crippen LogP contribution >= 0.6 is 0 Å². The molecule has 18 heavy (non-hydrogen) atoms. The number of ether oxygens (including phenoxy) is 2. The van der Waals surface area contributed by atoms with E-state index in [9.17, 15) is 18.0 Å². The van der Waals surface area contributed by atoms with Gasteiger partial charge in [0, 0.05) is 0 Å². The molecule has 6 heteroatoms. The Labute approximate surface area is 103 Å². The van der Waals surface area contributed by atoms with E-state index >= 15 is 0 Å². The number of alkyl halides is 3. The van der Waals surface area contributed by atoms with Gasteiger partial charge in [-0.25, -0.2) is 4.79 Å². The lowest BCUT2D eigenvalue weighted by Crippen LogP contribution is -2.18. The first-order valence-corrected chi connectivity index (χ1v) is 5.43. The quantitative estimate of drug-likeness (QED) is 0.781. The van der Waals surface area contributed by atoms with Crippen LogP contribution in [0, 0.1) is 0 Å². The van der Waals surface area contributed by atoms with Gasteiger partial charge in [0.25, 0.3) is 0 Å². The van der Waals surface area contributed by atoms with Crippen molar-refractivity contribution in [3.63, 3.8) is 0 Å². The van der Waals surface area contributed by atoms with Crippen molar-refractivity contribution < 1.29 is 27.4 Å². The van der Waals surface area contributed by atoms with Gasteiger partial charge in [-0.05, 0) is 31.0 Å². The smallest absolute Gasteiger partial charge is 0.462 e. The van der Waals surface area contributed by atoms with E-state index < -0.39 is 18.1 Å². The molecule has 0 aliphatic carbocycles. The SMILES string of the molecule is CCOC(=O)c1cc(OC(F)(F)F)ccc1CC. The van der Waals surface area contributed by atoms with Gasteiger partial charge in [-0.2, -0.15) is 0 Å². The van der Waals surface area contributed by atoms with E-state index in [-0.39, 0.29) is 12.2 Å². The van der Waals surface area contributed by atoms with Crippen LogP contribution in [0.15, 0.2) is 18.2 Å². The summed E-state index contributed by atoms with van der Waals surface area (Å²) in [5.41, 5.74) is 0.712. The zero-order valence-corrected chi connectivity index (χ0v) is 10.0. The predicted molar refractivity (Wildman–Crippen MR) is 58.5 cm³/mol. The Morgan fingerprint density at radius 2 is 1.94 bits per heavy atom. The number of esters is 1. The van der Waals surface area contributed by atoms with E-state index in [0.29, 0.717) is 12.0 Å². The van der Waals surface area contributed by atoms with Crippen LogP contribution in [0.2, 0.25) is 0 Å². The summed E-state index contributed by atoms with van der Waals surface area (Å²) in [6, 6.07) is 3.65. The van der Waals surface area contributed by atoms with Gasteiger partial charge in [-0.3, -0.25) is 0 Å². The number of carbonyl (C=O) groups excluding carboxylic acids is 1. The second kappa shape index (κ2) is 5.75. The maximum absolute atomic E-state index is 12.1. The molecule has 0 aromatic heterocycles. The lowest BCUT2D eigenvalue weighted by Gasteiger charge is -2.12. The van der Waals surface area contributed by atoms with E-state index in [0.717, 1.165) is 6.07 Å². The van der Waals surface area contributed by atoms with Crippen LogP contribution in [0.3, 0.4) is 0 Å². The zero-order chi connectivity index (χ0) is 13.8. The van der Waals surface area contributed by atoms with Crippen molar-refractivity contribution in [1.29, 1.82) is 0 Å². The average Bonchev–Trinajstić information content (AvgIpc) is 2.27. The molecule has 0 unspecified atom stereocenters. The summed E-state index contributed by atoms with van der Waals surface area (Å²) in [6.45, 7) is 3.58. The molecule has 0 saturated heterocycles. The molecule has 1 aromatic rings. The summed E-state index contributed by atoms with van der Waals surface area (Å²) in [4.78, 5) is 11.6. The molecule has 0 heterocycles. The highest BCUT2D eigenvalue weighted by Gasteiger charge is 2.31. The summed E-state index contributed by atoms with van der Waals surface area (Å²) in [5.74, 6) is -1.08. The molecule has 1 rings (SSSR count). The van der Waals surface area contributed by atoms with Crippen molar-refractivity contribution in [3.8, 4) is 5.75 Å². The molecule has 0 spiro atoms. The van der Waals surface area contributed by atoms with Gasteiger partial charge >= 0.3 is 12.3 Å². The highest BCUT2D eigenvalue weighted by atomic mass is 19.4. The molecule has 0 amide bonds. The first-order chi connectivity index (χ1) is 8.37. The fraction of sp³-hybridized carbons (Fsp3) is 0.417. The Morgan fingerprint density at radius 1 is 1.28 bits per heavy atom. The largest absolute Gasteiger partial charge is 0.573 e. The second-order valence-electron chi connectivity index (χ2n) is 3.44. The van der Waals surface area contributed by atoms with E-state index in [4.69, 9.17) is 4.74 Å². The summed E-state index contributed by atoms with van der Waals surface area (Å²) in [6.07, 6.45) is -4.26. The normalized spacial score (nSPS) is 11.2. The van der Waals surface area contributed by atoms with E-state index in [1.165, 1.54) is 12.1 Å². The van der Waals surface area contributed by atoms with E-state index in [2.05, 4.69) is 4.74 Å². The molecular weight excluding hydrogens is 249 g/mol. The fourth-order valence-corrected chi connectivity index (χ4v) is 1.46. The first-order valence-electron chi connectivity index (χ1n) is 5.43. The Bertz CT molecular complexity index is 427. The number of hydrogen-bond donors (Lipinski definition) is 0. The molecular formula is C12H13F3O3. The van der Waals surface area contributed by atoms with Crippen molar-refractivity contribution in [2.45, 2.75) is 26.6 Å². The van der Waals surface area contributed by atoms with Crippen molar-refractivity contribution in [3.05, 3.63) is 29.3 Å². The molecule has 0 aliphatic heterocycles. The molecule has 0 fully saturated rings. The number of benzene rings is 1. The molecule has 0 atom stereocenters. The summed E-state index contributed by atoms with van der Waals surface area (Å²) in [7, 11) is 0. The molecule has 0 bridgehead atoms. The van der Waals surface area contributed by atoms with Crippen molar-refractivity contribution >= 4 is 5.97 Å². The minimum atomic E-state index is -4.78. The van der Waals surface area contributed by atoms with Crippen molar-refractivity contribution in [2.24, 2.45) is 0 Å². The third-order valence-electron chi connectivity index (χ3n) is 2.19. The van der Waals surface area contributed by atoms with Crippen LogP contribution in [0.4, 0.5) is 13.2 Å². The van der Waals surface area contributed by atoms with Crippen LogP contribution in [-0.2, 0) is 11.2 Å². The van der Waals surface area contributed by atoms with Crippen molar-refractivity contribution in [2.75, 3.05) is 6.61 Å². The number of halogens is 3. The monoisotopic (exact) mass is 262 g/mol. The molecule has 3 nitrogen and oxygen atoms in total. The number of carbonyl (C=O) groups is 1. The molecule has 0 saturated carbocycles. The van der Waals surface area contributed by atoms with Gasteiger partial charge in [0.2, 0.25) is 0 Å². The minimum Gasteiger partial charge on any atom is -0.462 e. The molecule has 1 aromatic carbocycles. The maximum atomic E-state index is 12.1. The third-order valence-corrected chi connectivity index (χ3v) is 2.19.